The Morgan fingerprint density at radius 1 is 1.22 bits per heavy atom. The fourth-order valence-electron chi connectivity index (χ4n) is 3.92. The minimum Gasteiger partial charge on any atom is -0.494 e. The summed E-state index contributed by atoms with van der Waals surface area (Å²) in [5.74, 6) is -0.308. The highest BCUT2D eigenvalue weighted by Crippen LogP contribution is 2.38. The number of para-hydroxylation sites is 1. The second kappa shape index (κ2) is 8.74. The molecule has 1 atom stereocenters. The molecule has 166 valence electrons. The number of nitrogens with one attached hydrogen (secondary N) is 2. The molecule has 8 nitrogen and oxygen atoms in total. The van der Waals surface area contributed by atoms with Gasteiger partial charge in [0.1, 0.15) is 18.9 Å². The first-order chi connectivity index (χ1) is 15.4. The van der Waals surface area contributed by atoms with Crippen LogP contribution in [0.4, 0.5) is 10.5 Å². The first-order valence-electron chi connectivity index (χ1n) is 10.5. The van der Waals surface area contributed by atoms with Crippen molar-refractivity contribution < 1.29 is 23.9 Å². The van der Waals surface area contributed by atoms with Gasteiger partial charge in [-0.15, -0.1) is 0 Å². The summed E-state index contributed by atoms with van der Waals surface area (Å²) < 4.78 is 10.9. The van der Waals surface area contributed by atoms with Gasteiger partial charge in [0.25, 0.3) is 0 Å². The maximum atomic E-state index is 13.0. The number of urea groups is 1. The Bertz CT molecular complexity index is 1120. The molecule has 0 aromatic heterocycles. The van der Waals surface area contributed by atoms with Crippen molar-refractivity contribution in [3.63, 3.8) is 0 Å². The lowest BCUT2D eigenvalue weighted by Crippen LogP contribution is -2.49. The van der Waals surface area contributed by atoms with Gasteiger partial charge in [-0.25, -0.2) is 9.59 Å². The lowest BCUT2D eigenvalue weighted by molar-refractivity contribution is -0.136. The summed E-state index contributed by atoms with van der Waals surface area (Å²) in [5, 5.41) is 5.69. The summed E-state index contributed by atoms with van der Waals surface area (Å²) in [6, 6.07) is 11.8. The van der Waals surface area contributed by atoms with Crippen LogP contribution in [0, 0.1) is 13.8 Å². The average Bonchev–Trinajstić information content (AvgIpc) is 3.15. The van der Waals surface area contributed by atoms with E-state index in [4.69, 9.17) is 9.47 Å². The van der Waals surface area contributed by atoms with Gasteiger partial charge in [-0.1, -0.05) is 30.3 Å². The number of carbonyl (C=O) groups is 3. The molecule has 32 heavy (non-hydrogen) atoms. The minimum absolute atomic E-state index is 0.0638. The molecule has 2 aromatic rings. The number of anilines is 1. The maximum Gasteiger partial charge on any atom is 0.338 e. The normalized spacial score (nSPS) is 17.6. The van der Waals surface area contributed by atoms with Crippen molar-refractivity contribution in [2.75, 3.05) is 25.1 Å². The van der Waals surface area contributed by atoms with Gasteiger partial charge in [0.15, 0.2) is 0 Å². The van der Waals surface area contributed by atoms with Gasteiger partial charge in [0.05, 0.1) is 23.9 Å². The third-order valence-corrected chi connectivity index (χ3v) is 5.50. The molecule has 8 heteroatoms. The van der Waals surface area contributed by atoms with Gasteiger partial charge >= 0.3 is 12.0 Å². The van der Waals surface area contributed by atoms with Gasteiger partial charge in [0, 0.05) is 11.3 Å². The van der Waals surface area contributed by atoms with Gasteiger partial charge in [-0.2, -0.15) is 0 Å². The second-order valence-corrected chi connectivity index (χ2v) is 7.74. The highest BCUT2D eigenvalue weighted by Gasteiger charge is 2.43. The molecule has 2 heterocycles. The molecule has 4 rings (SSSR count). The molecular formula is C24H25N3O5. The van der Waals surface area contributed by atoms with E-state index in [2.05, 4.69) is 10.6 Å². The number of benzene rings is 2. The number of amides is 3. The fraction of sp³-hybridized carbons (Fsp3) is 0.292. The number of cyclic esters (lactones) is 1. The molecule has 0 aliphatic carbocycles. The zero-order valence-electron chi connectivity index (χ0n) is 18.2. The Hall–Kier alpha value is -3.81. The molecule has 0 unspecified atom stereocenters. The molecule has 0 saturated heterocycles. The lowest BCUT2D eigenvalue weighted by atomic mass is 9.95. The Morgan fingerprint density at radius 3 is 2.78 bits per heavy atom. The van der Waals surface area contributed by atoms with Crippen LogP contribution in [0.25, 0.3) is 0 Å². The topological polar surface area (TPSA) is 97.0 Å². The molecular weight excluding hydrogens is 410 g/mol. The number of hydrogen-bond acceptors (Lipinski definition) is 5. The van der Waals surface area contributed by atoms with Crippen molar-refractivity contribution >= 4 is 23.6 Å². The van der Waals surface area contributed by atoms with E-state index < -0.39 is 18.0 Å². The van der Waals surface area contributed by atoms with Crippen LogP contribution >= 0.6 is 0 Å². The van der Waals surface area contributed by atoms with Crippen molar-refractivity contribution in [2.45, 2.75) is 26.8 Å². The number of hydrogen-bond donors (Lipinski definition) is 2. The largest absolute Gasteiger partial charge is 0.494 e. The first kappa shape index (κ1) is 21.4. The van der Waals surface area contributed by atoms with Crippen molar-refractivity contribution in [3.8, 4) is 5.75 Å². The van der Waals surface area contributed by atoms with Gasteiger partial charge in [-0.05, 0) is 44.0 Å². The van der Waals surface area contributed by atoms with Crippen molar-refractivity contribution in [3.05, 3.63) is 70.4 Å². The zero-order chi connectivity index (χ0) is 22.8. The monoisotopic (exact) mass is 435 g/mol. The van der Waals surface area contributed by atoms with Crippen LogP contribution in [0.5, 0.6) is 5.75 Å². The Morgan fingerprint density at radius 2 is 2.00 bits per heavy atom. The third-order valence-electron chi connectivity index (χ3n) is 5.50. The van der Waals surface area contributed by atoms with E-state index in [1.807, 2.05) is 51.1 Å². The van der Waals surface area contributed by atoms with Crippen LogP contribution in [-0.4, -0.2) is 42.6 Å². The third kappa shape index (κ3) is 4.03. The number of esters is 1. The summed E-state index contributed by atoms with van der Waals surface area (Å²) in [6.45, 7) is 5.83. The van der Waals surface area contributed by atoms with Crippen LogP contribution in [-0.2, 0) is 14.3 Å². The summed E-state index contributed by atoms with van der Waals surface area (Å²) in [5.41, 5.74) is 3.98. The highest BCUT2D eigenvalue weighted by molar-refractivity contribution is 6.00. The van der Waals surface area contributed by atoms with Crippen molar-refractivity contribution in [1.82, 2.24) is 10.2 Å². The number of rotatable bonds is 6. The summed E-state index contributed by atoms with van der Waals surface area (Å²) >= 11 is 0. The van der Waals surface area contributed by atoms with E-state index in [1.54, 1.807) is 12.1 Å². The first-order valence-corrected chi connectivity index (χ1v) is 10.5. The molecule has 2 aliphatic rings. The van der Waals surface area contributed by atoms with Crippen LogP contribution in [0.1, 0.15) is 29.7 Å². The molecule has 0 spiro atoms. The van der Waals surface area contributed by atoms with Gasteiger partial charge in [0.2, 0.25) is 5.91 Å². The molecule has 0 bridgehead atoms. The van der Waals surface area contributed by atoms with E-state index in [9.17, 15) is 14.4 Å². The molecule has 0 radical (unpaired) electrons. The van der Waals surface area contributed by atoms with Crippen LogP contribution < -0.4 is 15.4 Å². The molecule has 2 aliphatic heterocycles. The van der Waals surface area contributed by atoms with Crippen molar-refractivity contribution in [1.29, 1.82) is 0 Å². The van der Waals surface area contributed by atoms with E-state index >= 15 is 0 Å². The van der Waals surface area contributed by atoms with Gasteiger partial charge < -0.3 is 20.1 Å². The van der Waals surface area contributed by atoms with Crippen LogP contribution in [0.3, 0.4) is 0 Å². The summed E-state index contributed by atoms with van der Waals surface area (Å²) in [4.78, 5) is 39.6. The number of ether oxygens (including phenoxy) is 2. The Balaban J connectivity index is 1.62. The number of nitrogens with zero attached hydrogens (tertiary/aromatic N) is 1. The van der Waals surface area contributed by atoms with Gasteiger partial charge in [-0.3, -0.25) is 9.69 Å². The van der Waals surface area contributed by atoms with Crippen LogP contribution in [0.2, 0.25) is 0 Å². The predicted octanol–water partition coefficient (Wildman–Crippen LogP) is 3.22. The fourth-order valence-corrected chi connectivity index (χ4v) is 3.92. The highest BCUT2D eigenvalue weighted by atomic mass is 16.5. The average molecular weight is 435 g/mol. The standard InChI is InChI=1S/C24H25N3O5/c1-4-31-19-8-6-5-7-16(19)22-21-18(13-32-23(21)29)27(24(30)26-22)12-20(28)25-17-11-14(2)9-10-15(17)3/h5-11,22H,4,12-13H2,1-3H3,(H,25,28)(H,26,30)/t22-/m0/s1. The molecule has 2 N–H and O–H groups in total. The van der Waals surface area contributed by atoms with E-state index in [0.717, 1.165) is 11.1 Å². The second-order valence-electron chi connectivity index (χ2n) is 7.74. The van der Waals surface area contributed by atoms with E-state index in [1.165, 1.54) is 4.90 Å². The number of aryl methyl sites for hydroxylation is 2. The smallest absolute Gasteiger partial charge is 0.338 e. The maximum absolute atomic E-state index is 13.0. The number of carbonyl (C=O) groups excluding carboxylic acids is 3. The molecule has 0 fully saturated rings. The van der Waals surface area contributed by atoms with E-state index in [0.29, 0.717) is 34.9 Å². The Kier molecular flexibility index (Phi) is 5.85. The minimum atomic E-state index is -0.714. The zero-order valence-corrected chi connectivity index (χ0v) is 18.2. The van der Waals surface area contributed by atoms with E-state index in [-0.39, 0.29) is 19.1 Å². The summed E-state index contributed by atoms with van der Waals surface area (Å²) in [7, 11) is 0. The molecule has 3 amide bonds. The lowest BCUT2D eigenvalue weighted by Gasteiger charge is -2.33. The molecule has 2 aromatic carbocycles. The quantitative estimate of drug-likeness (QED) is 0.679. The Labute approximate surface area is 186 Å². The van der Waals surface area contributed by atoms with Crippen LogP contribution in [0.15, 0.2) is 53.7 Å². The SMILES string of the molecule is CCOc1ccccc1[C@@H]1NC(=O)N(CC(=O)Nc2cc(C)ccc2C)C2=C1C(=O)OC2. The summed E-state index contributed by atoms with van der Waals surface area (Å²) in [6.07, 6.45) is 0. The van der Waals surface area contributed by atoms with Crippen molar-refractivity contribution in [2.24, 2.45) is 0 Å². The predicted molar refractivity (Wildman–Crippen MR) is 118 cm³/mol. The molecule has 0 saturated carbocycles.